The lowest BCUT2D eigenvalue weighted by atomic mass is 9.72. The highest BCUT2D eigenvalue weighted by molar-refractivity contribution is 5.35. The molecule has 0 N–H and O–H groups in total. The molecule has 20 heavy (non-hydrogen) atoms. The van der Waals surface area contributed by atoms with Gasteiger partial charge >= 0.3 is 0 Å². The smallest absolute Gasteiger partial charge is 0.211 e. The van der Waals surface area contributed by atoms with Crippen molar-refractivity contribution in [2.45, 2.75) is 76.7 Å². The highest BCUT2D eigenvalue weighted by Crippen LogP contribution is 2.40. The minimum atomic E-state index is -0.137. The van der Waals surface area contributed by atoms with Crippen LogP contribution in [0, 0.1) is 5.92 Å². The molecular weight excluding hydrogens is 252 g/mol. The van der Waals surface area contributed by atoms with E-state index in [0.29, 0.717) is 12.5 Å². The number of unbranched alkanes of at least 4 members (excludes halogenated alkanes) is 2. The SMILES string of the molecule is CCCCC1(N=C=O)CCCC(CCCCN=C=O)C1. The molecule has 112 valence electrons. The van der Waals surface area contributed by atoms with Crippen molar-refractivity contribution in [2.75, 3.05) is 6.54 Å². The predicted molar refractivity (Wildman–Crippen MR) is 79.2 cm³/mol. The van der Waals surface area contributed by atoms with Crippen LogP contribution in [0.2, 0.25) is 0 Å². The van der Waals surface area contributed by atoms with Gasteiger partial charge < -0.3 is 0 Å². The highest BCUT2D eigenvalue weighted by Gasteiger charge is 2.35. The van der Waals surface area contributed by atoms with Gasteiger partial charge in [0.2, 0.25) is 12.2 Å². The summed E-state index contributed by atoms with van der Waals surface area (Å²) in [5.74, 6) is 0.651. The Hall–Kier alpha value is -1.24. The van der Waals surface area contributed by atoms with Crippen LogP contribution in [-0.2, 0) is 9.59 Å². The number of nitrogens with zero attached hydrogens (tertiary/aromatic N) is 2. The van der Waals surface area contributed by atoms with Gasteiger partial charge in [-0.2, -0.15) is 4.99 Å². The number of hydrogen-bond acceptors (Lipinski definition) is 4. The molecule has 0 aliphatic heterocycles. The molecule has 0 radical (unpaired) electrons. The Morgan fingerprint density at radius 3 is 2.75 bits per heavy atom. The Morgan fingerprint density at radius 2 is 2.05 bits per heavy atom. The van der Waals surface area contributed by atoms with Gasteiger partial charge in [0.25, 0.3) is 0 Å². The number of rotatable bonds is 9. The summed E-state index contributed by atoms with van der Waals surface area (Å²) >= 11 is 0. The van der Waals surface area contributed by atoms with Crippen molar-refractivity contribution < 1.29 is 9.59 Å². The summed E-state index contributed by atoms with van der Waals surface area (Å²) in [5.41, 5.74) is -0.137. The minimum absolute atomic E-state index is 0.137. The molecule has 0 aromatic heterocycles. The van der Waals surface area contributed by atoms with Crippen LogP contribution in [0.5, 0.6) is 0 Å². The van der Waals surface area contributed by atoms with E-state index in [1.54, 1.807) is 6.08 Å². The summed E-state index contributed by atoms with van der Waals surface area (Å²) in [4.78, 5) is 28.5. The third kappa shape index (κ3) is 5.81. The van der Waals surface area contributed by atoms with Crippen LogP contribution in [0.25, 0.3) is 0 Å². The molecule has 0 bridgehead atoms. The highest BCUT2D eigenvalue weighted by atomic mass is 16.1. The zero-order valence-electron chi connectivity index (χ0n) is 12.6. The van der Waals surface area contributed by atoms with Crippen LogP contribution < -0.4 is 0 Å². The van der Waals surface area contributed by atoms with E-state index in [0.717, 1.165) is 57.8 Å². The van der Waals surface area contributed by atoms with Crippen LogP contribution in [0.4, 0.5) is 0 Å². The van der Waals surface area contributed by atoms with Gasteiger partial charge in [-0.05, 0) is 31.6 Å². The minimum Gasteiger partial charge on any atom is -0.211 e. The Kier molecular flexibility index (Phi) is 8.10. The van der Waals surface area contributed by atoms with Crippen molar-refractivity contribution in [1.82, 2.24) is 0 Å². The molecule has 0 aromatic carbocycles. The van der Waals surface area contributed by atoms with Gasteiger partial charge in [0.15, 0.2) is 0 Å². The van der Waals surface area contributed by atoms with Crippen LogP contribution in [0.1, 0.15) is 71.1 Å². The second-order valence-electron chi connectivity index (χ2n) is 5.96. The largest absolute Gasteiger partial charge is 0.235 e. The van der Waals surface area contributed by atoms with Gasteiger partial charge in [-0.3, -0.25) is 0 Å². The maximum Gasteiger partial charge on any atom is 0.235 e. The lowest BCUT2D eigenvalue weighted by Crippen LogP contribution is -2.33. The molecule has 1 saturated carbocycles. The maximum absolute atomic E-state index is 10.7. The Morgan fingerprint density at radius 1 is 1.20 bits per heavy atom. The fourth-order valence-corrected chi connectivity index (χ4v) is 3.36. The van der Waals surface area contributed by atoms with Gasteiger partial charge in [-0.25, -0.2) is 14.6 Å². The second kappa shape index (κ2) is 9.63. The first-order valence-electron chi connectivity index (χ1n) is 7.89. The van der Waals surface area contributed by atoms with Gasteiger partial charge in [0, 0.05) is 0 Å². The summed E-state index contributed by atoms with van der Waals surface area (Å²) in [5, 5.41) is 0. The van der Waals surface area contributed by atoms with E-state index in [-0.39, 0.29) is 5.54 Å². The number of isocyanates is 2. The van der Waals surface area contributed by atoms with E-state index in [9.17, 15) is 9.59 Å². The van der Waals surface area contributed by atoms with Crippen LogP contribution in [-0.4, -0.2) is 24.2 Å². The monoisotopic (exact) mass is 278 g/mol. The molecule has 2 unspecified atom stereocenters. The zero-order chi connectivity index (χ0) is 14.7. The van der Waals surface area contributed by atoms with E-state index in [2.05, 4.69) is 16.9 Å². The first-order valence-corrected chi connectivity index (χ1v) is 7.89. The molecule has 2 atom stereocenters. The Balaban J connectivity index is 2.45. The molecule has 0 aromatic rings. The van der Waals surface area contributed by atoms with E-state index >= 15 is 0 Å². The van der Waals surface area contributed by atoms with Crippen molar-refractivity contribution in [3.8, 4) is 0 Å². The fourth-order valence-electron chi connectivity index (χ4n) is 3.36. The molecule has 4 heteroatoms. The number of hydrogen-bond donors (Lipinski definition) is 0. The van der Waals surface area contributed by atoms with Crippen LogP contribution >= 0.6 is 0 Å². The molecule has 4 nitrogen and oxygen atoms in total. The standard InChI is InChI=1S/C16H26N2O2/c1-2-3-9-16(18-14-20)10-6-8-15(12-16)7-4-5-11-17-13-19/h15H,2-12H2,1H3. The molecule has 0 spiro atoms. The van der Waals surface area contributed by atoms with Crippen molar-refractivity contribution in [1.29, 1.82) is 0 Å². The molecular formula is C16H26N2O2. The molecule has 1 rings (SSSR count). The summed E-state index contributed by atoms with van der Waals surface area (Å²) in [6, 6.07) is 0. The average molecular weight is 278 g/mol. The van der Waals surface area contributed by atoms with Crippen molar-refractivity contribution in [2.24, 2.45) is 15.9 Å². The molecule has 0 amide bonds. The van der Waals surface area contributed by atoms with E-state index in [4.69, 9.17) is 0 Å². The lowest BCUT2D eigenvalue weighted by Gasteiger charge is -2.37. The van der Waals surface area contributed by atoms with E-state index < -0.39 is 0 Å². The second-order valence-corrected chi connectivity index (χ2v) is 5.96. The molecule has 0 heterocycles. The van der Waals surface area contributed by atoms with Gasteiger partial charge in [-0.1, -0.05) is 45.4 Å². The Bertz CT molecular complexity index is 371. The quantitative estimate of drug-likeness (QED) is 0.364. The normalized spacial score (nSPS) is 25.6. The molecule has 1 aliphatic rings. The average Bonchev–Trinajstić information content (AvgIpc) is 2.46. The van der Waals surface area contributed by atoms with E-state index in [1.165, 1.54) is 6.42 Å². The summed E-state index contributed by atoms with van der Waals surface area (Å²) in [6.07, 6.45) is 14.3. The van der Waals surface area contributed by atoms with Crippen molar-refractivity contribution in [3.05, 3.63) is 0 Å². The van der Waals surface area contributed by atoms with Gasteiger partial charge in [0.1, 0.15) is 0 Å². The van der Waals surface area contributed by atoms with Crippen molar-refractivity contribution >= 4 is 12.2 Å². The lowest BCUT2D eigenvalue weighted by molar-refractivity contribution is 0.199. The van der Waals surface area contributed by atoms with Gasteiger partial charge in [0.05, 0.1) is 12.1 Å². The van der Waals surface area contributed by atoms with E-state index in [1.807, 2.05) is 6.08 Å². The van der Waals surface area contributed by atoms with Gasteiger partial charge in [-0.15, -0.1) is 0 Å². The summed E-state index contributed by atoms with van der Waals surface area (Å²) < 4.78 is 0. The number of carbonyl (C=O) groups excluding carboxylic acids is 2. The van der Waals surface area contributed by atoms with Crippen molar-refractivity contribution in [3.63, 3.8) is 0 Å². The fraction of sp³-hybridized carbons (Fsp3) is 0.875. The number of aliphatic imine (C=N–C) groups is 2. The molecule has 1 fully saturated rings. The first kappa shape index (κ1) is 16.8. The predicted octanol–water partition coefficient (Wildman–Crippen LogP) is 3.95. The Labute approximate surface area is 121 Å². The molecule has 1 aliphatic carbocycles. The molecule has 0 saturated heterocycles. The zero-order valence-corrected chi connectivity index (χ0v) is 12.6. The maximum atomic E-state index is 10.7. The first-order chi connectivity index (χ1) is 9.76. The van der Waals surface area contributed by atoms with Crippen LogP contribution in [0.3, 0.4) is 0 Å². The summed E-state index contributed by atoms with van der Waals surface area (Å²) in [7, 11) is 0. The summed E-state index contributed by atoms with van der Waals surface area (Å²) in [6.45, 7) is 2.76. The topological polar surface area (TPSA) is 58.9 Å². The third-order valence-electron chi connectivity index (χ3n) is 4.40. The van der Waals surface area contributed by atoms with Crippen LogP contribution in [0.15, 0.2) is 9.98 Å². The third-order valence-corrected chi connectivity index (χ3v) is 4.40.